The van der Waals surface area contributed by atoms with Crippen molar-refractivity contribution in [2.75, 3.05) is 5.73 Å². The van der Waals surface area contributed by atoms with Gasteiger partial charge in [-0.15, -0.1) is 0 Å². The Hall–Kier alpha value is -1.51. The fourth-order valence-electron chi connectivity index (χ4n) is 2.25. The average molecular weight is 322 g/mol. The maximum atomic E-state index is 12.2. The summed E-state index contributed by atoms with van der Waals surface area (Å²) in [5.41, 5.74) is 8.27. The van der Waals surface area contributed by atoms with Crippen LogP contribution in [-0.4, -0.2) is 5.78 Å². The smallest absolute Gasteiger partial charge is 0.137 e. The molecule has 0 fully saturated rings. The van der Waals surface area contributed by atoms with Gasteiger partial charge in [-0.3, -0.25) is 4.79 Å². The van der Waals surface area contributed by atoms with Crippen molar-refractivity contribution in [3.63, 3.8) is 0 Å². The molecule has 0 aliphatic rings. The van der Waals surface area contributed by atoms with Crippen molar-refractivity contribution in [2.24, 2.45) is 0 Å². The lowest BCUT2D eigenvalue weighted by molar-refractivity contribution is -0.118. The van der Waals surface area contributed by atoms with Crippen LogP contribution in [0.5, 0.6) is 0 Å². The van der Waals surface area contributed by atoms with E-state index in [1.54, 1.807) is 12.1 Å². The largest absolute Gasteiger partial charge is 0.399 e. The topological polar surface area (TPSA) is 43.1 Å². The number of halogens is 2. The van der Waals surface area contributed by atoms with Gasteiger partial charge in [-0.1, -0.05) is 54.4 Å². The molecule has 0 amide bonds. The zero-order chi connectivity index (χ0) is 15.4. The van der Waals surface area contributed by atoms with Gasteiger partial charge in [0.1, 0.15) is 5.78 Å². The van der Waals surface area contributed by atoms with E-state index in [9.17, 15) is 4.79 Å². The second kappa shape index (κ2) is 6.97. The minimum atomic E-state index is 0.142. The highest BCUT2D eigenvalue weighted by atomic mass is 35.5. The van der Waals surface area contributed by atoms with Gasteiger partial charge in [-0.2, -0.15) is 0 Å². The molecule has 2 nitrogen and oxygen atoms in total. The summed E-state index contributed by atoms with van der Waals surface area (Å²) in [6.45, 7) is 2.03. The molecular formula is C17H17Cl2NO. The Labute approximate surface area is 134 Å². The van der Waals surface area contributed by atoms with Crippen molar-refractivity contribution >= 4 is 34.7 Å². The third kappa shape index (κ3) is 4.23. The van der Waals surface area contributed by atoms with Gasteiger partial charge in [0, 0.05) is 18.5 Å². The van der Waals surface area contributed by atoms with Gasteiger partial charge in [0.25, 0.3) is 0 Å². The summed E-state index contributed by atoms with van der Waals surface area (Å²) in [6, 6.07) is 13.0. The van der Waals surface area contributed by atoms with Gasteiger partial charge in [-0.05, 0) is 35.2 Å². The molecule has 1 unspecified atom stereocenters. The van der Waals surface area contributed by atoms with E-state index in [2.05, 4.69) is 0 Å². The van der Waals surface area contributed by atoms with Crippen molar-refractivity contribution in [3.05, 3.63) is 63.6 Å². The number of rotatable bonds is 5. The first-order chi connectivity index (χ1) is 9.97. The van der Waals surface area contributed by atoms with E-state index < -0.39 is 0 Å². The van der Waals surface area contributed by atoms with E-state index in [1.165, 1.54) is 0 Å². The monoisotopic (exact) mass is 321 g/mol. The Morgan fingerprint density at radius 2 is 1.81 bits per heavy atom. The molecule has 1 atom stereocenters. The predicted octanol–water partition coefficient (Wildman–Crippen LogP) is 4.88. The van der Waals surface area contributed by atoms with Crippen molar-refractivity contribution in [2.45, 2.75) is 25.7 Å². The number of Topliss-reactive ketones (excluding diaryl/α,β-unsaturated/α-hetero) is 1. The number of ketones is 1. The fraction of sp³-hybridized carbons (Fsp3) is 0.235. The lowest BCUT2D eigenvalue weighted by Gasteiger charge is -2.12. The first-order valence-electron chi connectivity index (χ1n) is 6.77. The molecule has 2 rings (SSSR count). The number of carbonyl (C=O) groups is 1. The van der Waals surface area contributed by atoms with Crippen molar-refractivity contribution in [1.82, 2.24) is 0 Å². The number of benzene rings is 2. The highest BCUT2D eigenvalue weighted by Gasteiger charge is 2.14. The van der Waals surface area contributed by atoms with Gasteiger partial charge < -0.3 is 5.73 Å². The second-order valence-corrected chi connectivity index (χ2v) is 5.99. The highest BCUT2D eigenvalue weighted by Crippen LogP contribution is 2.27. The average Bonchev–Trinajstić information content (AvgIpc) is 2.44. The third-order valence-electron chi connectivity index (χ3n) is 3.46. The summed E-state index contributed by atoms with van der Waals surface area (Å²) in [4.78, 5) is 12.2. The van der Waals surface area contributed by atoms with Crippen molar-refractivity contribution < 1.29 is 4.79 Å². The first kappa shape index (κ1) is 15.9. The lowest BCUT2D eigenvalue weighted by Crippen LogP contribution is -2.08. The molecule has 0 radical (unpaired) electrons. The molecule has 0 aromatic heterocycles. The summed E-state index contributed by atoms with van der Waals surface area (Å²) < 4.78 is 0. The Balaban J connectivity index is 2.01. The highest BCUT2D eigenvalue weighted by molar-refractivity contribution is 6.42. The summed E-state index contributed by atoms with van der Waals surface area (Å²) in [5.74, 6) is 0.291. The first-order valence-corrected chi connectivity index (χ1v) is 7.53. The summed E-state index contributed by atoms with van der Waals surface area (Å²) >= 11 is 12.1. The molecule has 4 heteroatoms. The van der Waals surface area contributed by atoms with Crippen LogP contribution in [0.15, 0.2) is 42.5 Å². The standard InChI is InChI=1S/C17H17Cl2NO/c1-11(12-5-7-14(20)8-6-12)9-15(21)10-13-3-2-4-16(18)17(13)19/h2-8,11H,9-10,20H2,1H3. The summed E-state index contributed by atoms with van der Waals surface area (Å²) in [5, 5.41) is 0.946. The molecule has 0 heterocycles. The molecule has 21 heavy (non-hydrogen) atoms. The van der Waals surface area contributed by atoms with Crippen LogP contribution >= 0.6 is 23.2 Å². The van der Waals surface area contributed by atoms with Crippen molar-refractivity contribution in [3.8, 4) is 0 Å². The minimum Gasteiger partial charge on any atom is -0.399 e. The number of hydrogen-bond acceptors (Lipinski definition) is 2. The molecule has 0 saturated carbocycles. The van der Waals surface area contributed by atoms with E-state index in [1.807, 2.05) is 37.3 Å². The van der Waals surface area contributed by atoms with Crippen LogP contribution in [0.4, 0.5) is 5.69 Å². The molecule has 2 aromatic carbocycles. The molecule has 0 spiro atoms. The van der Waals surface area contributed by atoms with E-state index in [-0.39, 0.29) is 11.7 Å². The zero-order valence-corrected chi connectivity index (χ0v) is 13.3. The Morgan fingerprint density at radius 1 is 1.14 bits per heavy atom. The molecule has 0 bridgehead atoms. The van der Waals surface area contributed by atoms with Gasteiger partial charge in [-0.25, -0.2) is 0 Å². The van der Waals surface area contributed by atoms with E-state index in [0.717, 1.165) is 16.8 Å². The third-order valence-corrected chi connectivity index (χ3v) is 4.32. The van der Waals surface area contributed by atoms with E-state index >= 15 is 0 Å². The van der Waals surface area contributed by atoms with Crippen LogP contribution in [0.25, 0.3) is 0 Å². The van der Waals surface area contributed by atoms with Crippen LogP contribution in [0.2, 0.25) is 10.0 Å². The normalized spacial score (nSPS) is 12.1. The molecule has 2 N–H and O–H groups in total. The SMILES string of the molecule is CC(CC(=O)Cc1cccc(Cl)c1Cl)c1ccc(N)cc1. The predicted molar refractivity (Wildman–Crippen MR) is 89.1 cm³/mol. The van der Waals surface area contributed by atoms with E-state index in [4.69, 9.17) is 28.9 Å². The maximum absolute atomic E-state index is 12.2. The molecule has 0 aliphatic heterocycles. The Bertz CT molecular complexity index is 638. The zero-order valence-electron chi connectivity index (χ0n) is 11.8. The van der Waals surface area contributed by atoms with Gasteiger partial charge in [0.15, 0.2) is 0 Å². The maximum Gasteiger partial charge on any atom is 0.137 e. The van der Waals surface area contributed by atoms with Gasteiger partial charge >= 0.3 is 0 Å². The number of nitrogens with two attached hydrogens (primary N) is 1. The minimum absolute atomic E-state index is 0.142. The van der Waals surface area contributed by atoms with Crippen LogP contribution in [-0.2, 0) is 11.2 Å². The van der Waals surface area contributed by atoms with E-state index in [0.29, 0.717) is 22.9 Å². The molecular weight excluding hydrogens is 305 g/mol. The summed E-state index contributed by atoms with van der Waals surface area (Å²) in [7, 11) is 0. The van der Waals surface area contributed by atoms with Crippen LogP contribution in [0, 0.1) is 0 Å². The number of carbonyl (C=O) groups excluding carboxylic acids is 1. The van der Waals surface area contributed by atoms with Gasteiger partial charge in [0.05, 0.1) is 10.0 Å². The van der Waals surface area contributed by atoms with Crippen molar-refractivity contribution in [1.29, 1.82) is 0 Å². The number of anilines is 1. The number of nitrogen functional groups attached to an aromatic ring is 1. The number of hydrogen-bond donors (Lipinski definition) is 1. The fourth-order valence-corrected chi connectivity index (χ4v) is 2.64. The molecule has 0 saturated heterocycles. The Morgan fingerprint density at radius 3 is 2.48 bits per heavy atom. The Kier molecular flexibility index (Phi) is 5.27. The molecule has 0 aliphatic carbocycles. The quantitative estimate of drug-likeness (QED) is 0.797. The lowest BCUT2D eigenvalue weighted by atomic mass is 9.93. The molecule has 2 aromatic rings. The summed E-state index contributed by atoms with van der Waals surface area (Å²) in [6.07, 6.45) is 0.769. The van der Waals surface area contributed by atoms with Crippen LogP contribution in [0.1, 0.15) is 30.4 Å². The second-order valence-electron chi connectivity index (χ2n) is 5.20. The van der Waals surface area contributed by atoms with Crippen LogP contribution < -0.4 is 5.73 Å². The molecule has 110 valence electrons. The van der Waals surface area contributed by atoms with Crippen LogP contribution in [0.3, 0.4) is 0 Å². The van der Waals surface area contributed by atoms with Gasteiger partial charge in [0.2, 0.25) is 0 Å².